The van der Waals surface area contributed by atoms with Crippen LogP contribution in [-0.2, 0) is 15.6 Å². The number of amides is 1. The van der Waals surface area contributed by atoms with Crippen LogP contribution in [0, 0.1) is 6.92 Å². The first-order valence-corrected chi connectivity index (χ1v) is 7.42. The van der Waals surface area contributed by atoms with E-state index in [1.165, 1.54) is 0 Å². The van der Waals surface area contributed by atoms with Crippen molar-refractivity contribution in [1.29, 1.82) is 0 Å². The maximum Gasteiger partial charge on any atom is 0.235 e. The Kier molecular flexibility index (Phi) is 4.01. The largest absolute Gasteiger partial charge is 0.399 e. The van der Waals surface area contributed by atoms with Crippen molar-refractivity contribution in [3.63, 3.8) is 0 Å². The van der Waals surface area contributed by atoms with Crippen molar-refractivity contribution in [2.24, 2.45) is 0 Å². The number of benzene rings is 1. The zero-order valence-electron chi connectivity index (χ0n) is 10.5. The molecule has 0 radical (unpaired) electrons. The van der Waals surface area contributed by atoms with Gasteiger partial charge in [-0.3, -0.25) is 9.00 Å². The first-order valence-electron chi connectivity index (χ1n) is 6.10. The van der Waals surface area contributed by atoms with E-state index in [4.69, 9.17) is 5.73 Å². The van der Waals surface area contributed by atoms with Gasteiger partial charge in [0.25, 0.3) is 0 Å². The van der Waals surface area contributed by atoms with Crippen molar-refractivity contribution < 1.29 is 9.00 Å². The van der Waals surface area contributed by atoms with Gasteiger partial charge in [-0.25, -0.2) is 0 Å². The molecule has 1 aromatic rings. The van der Waals surface area contributed by atoms with Crippen LogP contribution >= 0.6 is 0 Å². The number of anilines is 1. The molecular formula is C13H18N2O2S. The third kappa shape index (κ3) is 2.90. The molecule has 1 fully saturated rings. The summed E-state index contributed by atoms with van der Waals surface area (Å²) in [6.07, 6.45) is 2.11. The normalized spacial score (nSPS) is 16.8. The number of hydrogen-bond donors (Lipinski definition) is 1. The topological polar surface area (TPSA) is 63.4 Å². The van der Waals surface area contributed by atoms with Crippen molar-refractivity contribution in [2.45, 2.75) is 24.7 Å². The van der Waals surface area contributed by atoms with Crippen LogP contribution in [0.2, 0.25) is 0 Å². The molecule has 1 aliphatic rings. The number of rotatable bonds is 3. The summed E-state index contributed by atoms with van der Waals surface area (Å²) in [4.78, 5) is 14.4. The molecule has 1 saturated heterocycles. The molecule has 1 amide bonds. The summed E-state index contributed by atoms with van der Waals surface area (Å²) in [5, 5.41) is 0. The summed E-state index contributed by atoms with van der Waals surface area (Å²) in [7, 11) is -1.28. The van der Waals surface area contributed by atoms with Crippen LogP contribution in [-0.4, -0.2) is 33.9 Å². The summed E-state index contributed by atoms with van der Waals surface area (Å²) >= 11 is 0. The lowest BCUT2D eigenvalue weighted by atomic mass is 10.2. The monoisotopic (exact) mass is 266 g/mol. The molecule has 0 aliphatic carbocycles. The zero-order chi connectivity index (χ0) is 13.1. The second-order valence-corrected chi connectivity index (χ2v) is 6.02. The first kappa shape index (κ1) is 13.1. The summed E-state index contributed by atoms with van der Waals surface area (Å²) < 4.78 is 12.2. The van der Waals surface area contributed by atoms with Crippen LogP contribution in [0.3, 0.4) is 0 Å². The van der Waals surface area contributed by atoms with Crippen molar-refractivity contribution in [2.75, 3.05) is 24.6 Å². The second-order valence-electron chi connectivity index (χ2n) is 4.60. The van der Waals surface area contributed by atoms with Gasteiger partial charge in [-0.15, -0.1) is 0 Å². The number of nitrogens with zero attached hydrogens (tertiary/aromatic N) is 1. The Morgan fingerprint density at radius 3 is 2.67 bits per heavy atom. The Labute approximate surface area is 110 Å². The molecule has 0 saturated carbocycles. The highest BCUT2D eigenvalue weighted by atomic mass is 32.2. The third-order valence-electron chi connectivity index (χ3n) is 3.16. The Balaban J connectivity index is 2.05. The van der Waals surface area contributed by atoms with E-state index < -0.39 is 10.8 Å². The minimum absolute atomic E-state index is 0.0120. The van der Waals surface area contributed by atoms with Crippen LogP contribution in [0.15, 0.2) is 23.1 Å². The highest BCUT2D eigenvalue weighted by molar-refractivity contribution is 7.85. The smallest absolute Gasteiger partial charge is 0.235 e. The van der Waals surface area contributed by atoms with Gasteiger partial charge < -0.3 is 10.6 Å². The number of carbonyl (C=O) groups excluding carboxylic acids is 1. The fourth-order valence-electron chi connectivity index (χ4n) is 2.18. The molecule has 2 rings (SSSR count). The van der Waals surface area contributed by atoms with Crippen LogP contribution < -0.4 is 5.73 Å². The Morgan fingerprint density at radius 1 is 1.39 bits per heavy atom. The maximum atomic E-state index is 12.2. The molecule has 18 heavy (non-hydrogen) atoms. The summed E-state index contributed by atoms with van der Waals surface area (Å²) in [6, 6.07) is 5.26. The van der Waals surface area contributed by atoms with Gasteiger partial charge in [0.05, 0.1) is 10.8 Å². The predicted molar refractivity (Wildman–Crippen MR) is 72.7 cm³/mol. The van der Waals surface area contributed by atoms with Gasteiger partial charge in [0.2, 0.25) is 5.91 Å². The van der Waals surface area contributed by atoms with Crippen molar-refractivity contribution in [3.05, 3.63) is 23.8 Å². The van der Waals surface area contributed by atoms with Gasteiger partial charge >= 0.3 is 0 Å². The second kappa shape index (κ2) is 5.52. The number of hydrogen-bond acceptors (Lipinski definition) is 3. The molecule has 1 atom stereocenters. The van der Waals surface area contributed by atoms with Crippen molar-refractivity contribution >= 4 is 22.4 Å². The highest BCUT2D eigenvalue weighted by Gasteiger charge is 2.21. The number of aryl methyl sites for hydroxylation is 1. The SMILES string of the molecule is Cc1cc(N)ccc1S(=O)CC(=O)N1CCCC1. The Hall–Kier alpha value is -1.36. The van der Waals surface area contributed by atoms with Gasteiger partial charge in [-0.2, -0.15) is 0 Å². The fourth-order valence-corrected chi connectivity index (χ4v) is 3.38. The molecule has 2 N–H and O–H groups in total. The van der Waals surface area contributed by atoms with Crippen molar-refractivity contribution in [3.8, 4) is 0 Å². The van der Waals surface area contributed by atoms with E-state index in [-0.39, 0.29) is 11.7 Å². The van der Waals surface area contributed by atoms with E-state index in [0.717, 1.165) is 31.5 Å². The molecule has 1 aromatic carbocycles. The fraction of sp³-hybridized carbons (Fsp3) is 0.462. The minimum Gasteiger partial charge on any atom is -0.399 e. The Bertz CT molecular complexity index is 482. The van der Waals surface area contributed by atoms with E-state index in [0.29, 0.717) is 10.6 Å². The molecule has 1 aliphatic heterocycles. The lowest BCUT2D eigenvalue weighted by molar-refractivity contribution is -0.127. The Morgan fingerprint density at radius 2 is 2.06 bits per heavy atom. The lowest BCUT2D eigenvalue weighted by Gasteiger charge is -2.15. The van der Waals surface area contributed by atoms with Crippen LogP contribution in [0.25, 0.3) is 0 Å². The van der Waals surface area contributed by atoms with Gasteiger partial charge in [0.1, 0.15) is 5.75 Å². The van der Waals surface area contributed by atoms with Crippen LogP contribution in [0.1, 0.15) is 18.4 Å². The van der Waals surface area contributed by atoms with Gasteiger partial charge in [0, 0.05) is 23.7 Å². The molecule has 0 aromatic heterocycles. The maximum absolute atomic E-state index is 12.2. The number of nitrogen functional groups attached to an aromatic ring is 1. The molecule has 1 unspecified atom stereocenters. The first-order chi connectivity index (χ1) is 8.58. The average molecular weight is 266 g/mol. The molecule has 98 valence electrons. The lowest BCUT2D eigenvalue weighted by Crippen LogP contribution is -2.31. The molecule has 0 spiro atoms. The zero-order valence-corrected chi connectivity index (χ0v) is 11.3. The van der Waals surface area contributed by atoms with Gasteiger partial charge in [-0.1, -0.05) is 0 Å². The minimum atomic E-state index is -1.28. The van der Waals surface area contributed by atoms with E-state index in [1.54, 1.807) is 23.1 Å². The summed E-state index contributed by atoms with van der Waals surface area (Å²) in [5.74, 6) is 0.0622. The summed E-state index contributed by atoms with van der Waals surface area (Å²) in [5.41, 5.74) is 7.18. The summed E-state index contributed by atoms with van der Waals surface area (Å²) in [6.45, 7) is 3.47. The van der Waals surface area contributed by atoms with Gasteiger partial charge in [-0.05, 0) is 43.5 Å². The van der Waals surface area contributed by atoms with Crippen molar-refractivity contribution in [1.82, 2.24) is 4.90 Å². The molecule has 0 bridgehead atoms. The van der Waals surface area contributed by atoms with Crippen LogP contribution in [0.4, 0.5) is 5.69 Å². The van der Waals surface area contributed by atoms with E-state index in [2.05, 4.69) is 0 Å². The number of nitrogens with two attached hydrogens (primary N) is 1. The number of likely N-dealkylation sites (tertiary alicyclic amines) is 1. The van der Waals surface area contributed by atoms with Crippen LogP contribution in [0.5, 0.6) is 0 Å². The molecule has 1 heterocycles. The quantitative estimate of drug-likeness (QED) is 0.839. The molecule has 5 heteroatoms. The van der Waals surface area contributed by atoms with E-state index in [1.807, 2.05) is 6.92 Å². The van der Waals surface area contributed by atoms with Gasteiger partial charge in [0.15, 0.2) is 0 Å². The average Bonchev–Trinajstić information content (AvgIpc) is 2.81. The standard InChI is InChI=1S/C13H18N2O2S/c1-10-8-11(14)4-5-12(10)18(17)9-13(16)15-6-2-3-7-15/h4-5,8H,2-3,6-7,9,14H2,1H3. The predicted octanol–water partition coefficient (Wildman–Crippen LogP) is 1.31. The molecular weight excluding hydrogens is 248 g/mol. The van der Waals surface area contributed by atoms with E-state index >= 15 is 0 Å². The van der Waals surface area contributed by atoms with E-state index in [9.17, 15) is 9.00 Å². The third-order valence-corrected chi connectivity index (χ3v) is 4.62. The highest BCUT2D eigenvalue weighted by Crippen LogP contribution is 2.17. The molecule has 4 nitrogen and oxygen atoms in total. The number of carbonyl (C=O) groups is 1.